The lowest BCUT2D eigenvalue weighted by atomic mass is 9.99. The van der Waals surface area contributed by atoms with Crippen molar-refractivity contribution < 1.29 is 19.2 Å². The molecule has 0 saturated carbocycles. The third-order valence-corrected chi connectivity index (χ3v) is 9.32. The van der Waals surface area contributed by atoms with Crippen molar-refractivity contribution in [2.45, 2.75) is 44.1 Å². The summed E-state index contributed by atoms with van der Waals surface area (Å²) in [6.07, 6.45) is 2.13. The van der Waals surface area contributed by atoms with Crippen molar-refractivity contribution in [2.24, 2.45) is 5.92 Å². The Labute approximate surface area is 192 Å². The van der Waals surface area contributed by atoms with Gasteiger partial charge in [-0.1, -0.05) is 36.8 Å². The number of hydrogen-bond acceptors (Lipinski definition) is 4. The first-order chi connectivity index (χ1) is 15.2. The van der Waals surface area contributed by atoms with Gasteiger partial charge in [-0.15, -0.1) is 0 Å². The molecule has 170 valence electrons. The number of hydrogen-bond donors (Lipinski definition) is 3. The number of H-pyrrole nitrogens is 1. The molecular weight excluding hydrogens is 448 g/mol. The van der Waals surface area contributed by atoms with Crippen molar-refractivity contribution in [3.63, 3.8) is 0 Å². The van der Waals surface area contributed by atoms with E-state index in [9.17, 15) is 19.2 Å². The molecule has 2 aromatic rings. The minimum Gasteiger partial charge on any atom is -0.356 e. The normalized spacial score (nSPS) is 23.2. The number of rotatable bonds is 6. The van der Waals surface area contributed by atoms with Crippen LogP contribution in [0, 0.1) is 5.92 Å². The van der Waals surface area contributed by atoms with E-state index in [4.69, 9.17) is 11.6 Å². The molecule has 8 nitrogen and oxygen atoms in total. The first kappa shape index (κ1) is 22.5. The minimum absolute atomic E-state index is 0.0882. The number of carbonyl (C=O) groups excluding carboxylic acids is 4. The third kappa shape index (κ3) is 4.45. The molecule has 3 atom stereocenters. The topological polar surface area (TPSA) is 111 Å². The largest absolute Gasteiger partial charge is 0.356 e. The van der Waals surface area contributed by atoms with Gasteiger partial charge in [0, 0.05) is 24.0 Å². The number of para-hydroxylation sites is 1. The number of halogens is 1. The summed E-state index contributed by atoms with van der Waals surface area (Å²) < 4.78 is 0. The maximum atomic E-state index is 13.4. The standard InChI is InChI=1S/C22H27ClN4O4Si/c1-32(2)11-18(21(30)25-15(10-28)8-14-6-7-24-20(14)29)27(12-32)22(31)17-9-13-4-3-5-16(23)19(13)26-17/h3-5,9-10,14-15,18,26H,6-8,11-12H2,1-2H3,(H,24,29)(H,25,30)/t14-,15-,18?/m0/s1. The van der Waals surface area contributed by atoms with Crippen LogP contribution in [0.4, 0.5) is 0 Å². The van der Waals surface area contributed by atoms with Gasteiger partial charge in [0.25, 0.3) is 5.91 Å². The van der Waals surface area contributed by atoms with E-state index in [1.807, 2.05) is 12.1 Å². The molecule has 2 saturated heterocycles. The number of aromatic nitrogens is 1. The van der Waals surface area contributed by atoms with Crippen LogP contribution in [-0.2, 0) is 14.4 Å². The summed E-state index contributed by atoms with van der Waals surface area (Å²) in [6.45, 7) is 4.87. The number of nitrogens with zero attached hydrogens (tertiary/aromatic N) is 1. The summed E-state index contributed by atoms with van der Waals surface area (Å²) in [6, 6.07) is 6.39. The fraction of sp³-hybridized carbons (Fsp3) is 0.455. The third-order valence-electron chi connectivity index (χ3n) is 6.31. The first-order valence-electron chi connectivity index (χ1n) is 10.8. The Morgan fingerprint density at radius 3 is 2.81 bits per heavy atom. The Morgan fingerprint density at radius 2 is 2.16 bits per heavy atom. The molecule has 3 heterocycles. The van der Waals surface area contributed by atoms with Gasteiger partial charge in [0.15, 0.2) is 0 Å². The van der Waals surface area contributed by atoms with Crippen LogP contribution in [0.5, 0.6) is 0 Å². The van der Waals surface area contributed by atoms with Crippen LogP contribution in [0.25, 0.3) is 10.9 Å². The zero-order valence-electron chi connectivity index (χ0n) is 18.1. The van der Waals surface area contributed by atoms with Crippen LogP contribution in [0.2, 0.25) is 24.2 Å². The fourth-order valence-electron chi connectivity index (χ4n) is 4.71. The van der Waals surface area contributed by atoms with Crippen LogP contribution in [0.1, 0.15) is 23.3 Å². The van der Waals surface area contributed by atoms with Gasteiger partial charge in [0.2, 0.25) is 11.8 Å². The molecule has 32 heavy (non-hydrogen) atoms. The Morgan fingerprint density at radius 1 is 1.38 bits per heavy atom. The molecule has 2 aliphatic heterocycles. The van der Waals surface area contributed by atoms with Crippen LogP contribution in [-0.4, -0.2) is 66.8 Å². The zero-order valence-corrected chi connectivity index (χ0v) is 19.9. The van der Waals surface area contributed by atoms with Gasteiger partial charge in [0.1, 0.15) is 18.0 Å². The van der Waals surface area contributed by atoms with E-state index in [1.165, 1.54) is 0 Å². The van der Waals surface area contributed by atoms with E-state index in [-0.39, 0.29) is 30.1 Å². The molecule has 0 spiro atoms. The predicted octanol–water partition coefficient (Wildman–Crippen LogP) is 2.10. The van der Waals surface area contributed by atoms with Gasteiger partial charge in [-0.2, -0.15) is 0 Å². The molecule has 0 bridgehead atoms. The van der Waals surface area contributed by atoms with Gasteiger partial charge < -0.3 is 25.3 Å². The summed E-state index contributed by atoms with van der Waals surface area (Å²) in [4.78, 5) is 54.7. The Balaban J connectivity index is 1.52. The number of amides is 3. The van der Waals surface area contributed by atoms with Crippen LogP contribution in [0.3, 0.4) is 0 Å². The van der Waals surface area contributed by atoms with E-state index < -0.39 is 20.2 Å². The summed E-state index contributed by atoms with van der Waals surface area (Å²) >= 11 is 6.24. The lowest BCUT2D eigenvalue weighted by molar-refractivity contribution is -0.128. The number of aldehydes is 1. The lowest BCUT2D eigenvalue weighted by Crippen LogP contribution is -2.49. The van der Waals surface area contributed by atoms with Crippen molar-refractivity contribution >= 4 is 54.6 Å². The van der Waals surface area contributed by atoms with Crippen LogP contribution >= 0.6 is 11.6 Å². The second-order valence-electron chi connectivity index (χ2n) is 9.47. The van der Waals surface area contributed by atoms with Gasteiger partial charge in [-0.25, -0.2) is 0 Å². The van der Waals surface area contributed by atoms with E-state index in [1.54, 1.807) is 17.0 Å². The van der Waals surface area contributed by atoms with Gasteiger partial charge >= 0.3 is 0 Å². The van der Waals surface area contributed by atoms with Crippen molar-refractivity contribution in [2.75, 3.05) is 12.7 Å². The second-order valence-corrected chi connectivity index (χ2v) is 14.9. The van der Waals surface area contributed by atoms with Crippen molar-refractivity contribution in [3.05, 3.63) is 35.0 Å². The summed E-state index contributed by atoms with van der Waals surface area (Å²) in [5.74, 6) is -0.974. The smallest absolute Gasteiger partial charge is 0.270 e. The molecule has 2 aliphatic rings. The van der Waals surface area contributed by atoms with E-state index in [0.29, 0.717) is 47.7 Å². The Hall–Kier alpha value is -2.65. The first-order valence-corrected chi connectivity index (χ1v) is 14.6. The highest BCUT2D eigenvalue weighted by molar-refractivity contribution is 6.79. The molecule has 2 fully saturated rings. The molecule has 1 aromatic carbocycles. The summed E-state index contributed by atoms with van der Waals surface area (Å²) in [7, 11) is -1.83. The molecule has 1 aromatic heterocycles. The maximum Gasteiger partial charge on any atom is 0.270 e. The van der Waals surface area contributed by atoms with Gasteiger partial charge in [-0.05, 0) is 31.0 Å². The quantitative estimate of drug-likeness (QED) is 0.439. The Bertz CT molecular complexity index is 1090. The highest BCUT2D eigenvalue weighted by Crippen LogP contribution is 2.30. The van der Waals surface area contributed by atoms with Crippen LogP contribution < -0.4 is 10.6 Å². The van der Waals surface area contributed by atoms with Gasteiger partial charge in [-0.3, -0.25) is 14.4 Å². The predicted molar refractivity (Wildman–Crippen MR) is 124 cm³/mol. The monoisotopic (exact) mass is 474 g/mol. The Kier molecular flexibility index (Phi) is 6.13. The van der Waals surface area contributed by atoms with E-state index in [0.717, 1.165) is 5.39 Å². The molecular formula is C22H27ClN4O4Si. The maximum absolute atomic E-state index is 13.4. The lowest BCUT2D eigenvalue weighted by Gasteiger charge is -2.25. The fourth-order valence-corrected chi connectivity index (χ4v) is 7.81. The average molecular weight is 475 g/mol. The SMILES string of the molecule is C[Si]1(C)CC(C(=O)N[C@H](C=O)C[C@@H]2CCNC2=O)N(C(=O)c2cc3cccc(Cl)c3[nH]2)C1. The second kappa shape index (κ2) is 8.71. The molecule has 1 unspecified atom stereocenters. The highest BCUT2D eigenvalue weighted by atomic mass is 35.5. The summed E-state index contributed by atoms with van der Waals surface area (Å²) in [5, 5.41) is 6.87. The van der Waals surface area contributed by atoms with Crippen molar-refractivity contribution in [1.29, 1.82) is 0 Å². The van der Waals surface area contributed by atoms with Crippen molar-refractivity contribution in [1.82, 2.24) is 20.5 Å². The number of carbonyl (C=O) groups is 4. The molecule has 10 heteroatoms. The average Bonchev–Trinajstić information content (AvgIpc) is 3.44. The molecule has 0 radical (unpaired) electrons. The number of benzene rings is 1. The molecule has 0 aliphatic carbocycles. The zero-order chi connectivity index (χ0) is 23.0. The summed E-state index contributed by atoms with van der Waals surface area (Å²) in [5.41, 5.74) is 1.07. The molecule has 4 rings (SSSR count). The number of fused-ring (bicyclic) bond motifs is 1. The van der Waals surface area contributed by atoms with E-state index >= 15 is 0 Å². The van der Waals surface area contributed by atoms with Gasteiger partial charge in [0.05, 0.1) is 24.7 Å². The molecule has 3 amide bonds. The van der Waals surface area contributed by atoms with Crippen molar-refractivity contribution in [3.8, 4) is 0 Å². The minimum atomic E-state index is -1.83. The number of nitrogens with one attached hydrogen (secondary N) is 3. The number of aromatic amines is 1. The molecule has 3 N–H and O–H groups in total. The highest BCUT2D eigenvalue weighted by Gasteiger charge is 2.45. The van der Waals surface area contributed by atoms with Crippen LogP contribution in [0.15, 0.2) is 24.3 Å². The van der Waals surface area contributed by atoms with E-state index in [2.05, 4.69) is 28.7 Å².